The van der Waals surface area contributed by atoms with Gasteiger partial charge in [-0.1, -0.05) is 38.5 Å². The fourth-order valence-electron chi connectivity index (χ4n) is 2.52. The Morgan fingerprint density at radius 2 is 2.04 bits per heavy atom. The first-order valence-corrected chi connectivity index (χ1v) is 10.7. The number of carbonyl (C=O) groups is 1. The Kier molecular flexibility index (Phi) is 9.25. The van der Waals surface area contributed by atoms with E-state index in [0.29, 0.717) is 18.8 Å². The molecule has 0 spiro atoms. The van der Waals surface area contributed by atoms with Gasteiger partial charge < -0.3 is 10.2 Å². The molecule has 25 heavy (non-hydrogen) atoms. The quantitative estimate of drug-likeness (QED) is 0.622. The summed E-state index contributed by atoms with van der Waals surface area (Å²) >= 11 is 0. The van der Waals surface area contributed by atoms with E-state index < -0.39 is 9.52 Å². The van der Waals surface area contributed by atoms with Crippen molar-refractivity contribution in [2.24, 2.45) is 0 Å². The Balaban J connectivity index is 0.000000970. The summed E-state index contributed by atoms with van der Waals surface area (Å²) in [6.45, 7) is 5.52. The highest BCUT2D eigenvalue weighted by atomic mass is 32.2. The van der Waals surface area contributed by atoms with Crippen molar-refractivity contribution in [2.45, 2.75) is 44.0 Å². The molecule has 5 nitrogen and oxygen atoms in total. The van der Waals surface area contributed by atoms with E-state index in [1.54, 1.807) is 4.90 Å². The highest BCUT2D eigenvalue weighted by molar-refractivity contribution is 8.00. The molecule has 1 aliphatic rings. The lowest BCUT2D eigenvalue weighted by molar-refractivity contribution is -0.130. The van der Waals surface area contributed by atoms with Crippen molar-refractivity contribution in [3.8, 4) is 6.07 Å². The highest BCUT2D eigenvalue weighted by Gasteiger charge is 2.27. The van der Waals surface area contributed by atoms with Gasteiger partial charge in [-0.05, 0) is 40.4 Å². The minimum atomic E-state index is -2.33. The Hall–Kier alpha value is -1.84. The van der Waals surface area contributed by atoms with E-state index in [4.69, 9.17) is 5.26 Å². The summed E-state index contributed by atoms with van der Waals surface area (Å²) < 4.78 is 12.5. The highest BCUT2D eigenvalue weighted by Crippen LogP contribution is 2.16. The first-order chi connectivity index (χ1) is 12.0. The number of likely N-dealkylation sites (tertiary alicyclic amines) is 1. The van der Waals surface area contributed by atoms with Crippen LogP contribution in [-0.4, -0.2) is 52.3 Å². The van der Waals surface area contributed by atoms with Crippen LogP contribution in [0.5, 0.6) is 0 Å². The van der Waals surface area contributed by atoms with Gasteiger partial charge in [-0.15, -0.1) is 0 Å². The zero-order valence-electron chi connectivity index (χ0n) is 15.2. The van der Waals surface area contributed by atoms with Gasteiger partial charge in [0.1, 0.15) is 6.04 Å². The van der Waals surface area contributed by atoms with Gasteiger partial charge >= 0.3 is 0 Å². The van der Waals surface area contributed by atoms with Gasteiger partial charge in [0.05, 0.1) is 12.6 Å². The number of nitrogens with zero attached hydrogens (tertiary/aromatic N) is 2. The lowest BCUT2D eigenvalue weighted by Crippen LogP contribution is -2.41. The second kappa shape index (κ2) is 10.9. The largest absolute Gasteiger partial charge is 0.326 e. The third-order valence-electron chi connectivity index (χ3n) is 3.78. The average Bonchev–Trinajstić information content (AvgIpc) is 3.09. The molecular formula is C19H29N3O2S. The summed E-state index contributed by atoms with van der Waals surface area (Å²) in [7, 11) is -2.33. The van der Waals surface area contributed by atoms with E-state index in [1.165, 1.54) is 6.42 Å². The Labute approximate surface area is 152 Å². The summed E-state index contributed by atoms with van der Waals surface area (Å²) in [5.41, 5.74) is 0. The number of carbonyl (C=O) groups excluding carboxylic acids is 1. The minimum Gasteiger partial charge on any atom is -0.326 e. The molecule has 1 aliphatic heterocycles. The average molecular weight is 364 g/mol. The molecule has 1 fully saturated rings. The van der Waals surface area contributed by atoms with Crippen LogP contribution < -0.4 is 5.32 Å². The van der Waals surface area contributed by atoms with Crippen molar-refractivity contribution in [1.29, 1.82) is 5.26 Å². The summed E-state index contributed by atoms with van der Waals surface area (Å²) in [5.74, 6) is 4.12. The smallest absolute Gasteiger partial charge is 0.237 e. The summed E-state index contributed by atoms with van der Waals surface area (Å²) in [4.78, 5) is 14.4. The SMILES string of the molecule is C=S(=O)(CCNCC(=O)N1CCC[C@H]1C#N)c1ccccc1.CCC. The molecule has 6 heteroatoms. The van der Waals surface area contributed by atoms with Crippen LogP contribution in [0, 0.1) is 11.3 Å². The maximum absolute atomic E-state index is 12.5. The lowest BCUT2D eigenvalue weighted by Gasteiger charge is -2.19. The molecule has 1 unspecified atom stereocenters. The van der Waals surface area contributed by atoms with Crippen molar-refractivity contribution < 1.29 is 9.00 Å². The van der Waals surface area contributed by atoms with Gasteiger partial charge in [0.25, 0.3) is 0 Å². The third kappa shape index (κ3) is 6.89. The molecule has 138 valence electrons. The minimum absolute atomic E-state index is 0.0701. The molecule has 1 aromatic carbocycles. The molecule has 0 aliphatic carbocycles. The summed E-state index contributed by atoms with van der Waals surface area (Å²) in [5, 5.41) is 12.0. The maximum Gasteiger partial charge on any atom is 0.237 e. The molecule has 1 amide bonds. The molecule has 1 heterocycles. The summed E-state index contributed by atoms with van der Waals surface area (Å²) in [6.07, 6.45) is 2.88. The Morgan fingerprint density at radius 3 is 2.64 bits per heavy atom. The molecule has 1 aromatic rings. The molecule has 0 saturated carbocycles. The van der Waals surface area contributed by atoms with Gasteiger partial charge in [0.2, 0.25) is 5.91 Å². The van der Waals surface area contributed by atoms with Crippen LogP contribution in [0.1, 0.15) is 33.1 Å². The Morgan fingerprint density at radius 1 is 1.40 bits per heavy atom. The maximum atomic E-state index is 12.5. The van der Waals surface area contributed by atoms with Crippen molar-refractivity contribution >= 4 is 21.3 Å². The Bertz CT molecular complexity index is 666. The molecule has 2 rings (SSSR count). The fourth-order valence-corrected chi connectivity index (χ4v) is 3.88. The first kappa shape index (κ1) is 21.2. The number of nitriles is 1. The first-order valence-electron chi connectivity index (χ1n) is 8.76. The zero-order chi connectivity index (χ0) is 18.7. The van der Waals surface area contributed by atoms with Crippen LogP contribution in [0.3, 0.4) is 0 Å². The van der Waals surface area contributed by atoms with E-state index in [1.807, 2.05) is 30.3 Å². The van der Waals surface area contributed by atoms with Gasteiger partial charge in [-0.25, -0.2) is 0 Å². The number of hydrogen-bond acceptors (Lipinski definition) is 4. The van der Waals surface area contributed by atoms with Crippen LogP contribution in [0.25, 0.3) is 0 Å². The number of amides is 1. The second-order valence-corrected chi connectivity index (χ2v) is 8.59. The molecule has 0 aromatic heterocycles. The van der Waals surface area contributed by atoms with Crippen molar-refractivity contribution in [1.82, 2.24) is 10.2 Å². The fraction of sp³-hybridized carbons (Fsp3) is 0.526. The van der Waals surface area contributed by atoms with Crippen LogP contribution in [0.2, 0.25) is 0 Å². The van der Waals surface area contributed by atoms with Crippen LogP contribution >= 0.6 is 0 Å². The molecule has 1 N–H and O–H groups in total. The number of rotatable bonds is 6. The van der Waals surface area contributed by atoms with E-state index in [2.05, 4.69) is 31.1 Å². The van der Waals surface area contributed by atoms with Crippen LogP contribution in [-0.2, 0) is 14.3 Å². The lowest BCUT2D eigenvalue weighted by atomic mass is 10.2. The molecule has 2 atom stereocenters. The monoisotopic (exact) mass is 363 g/mol. The van der Waals surface area contributed by atoms with Gasteiger partial charge in [-0.2, -0.15) is 5.26 Å². The van der Waals surface area contributed by atoms with Crippen molar-refractivity contribution in [3.05, 3.63) is 30.3 Å². The predicted molar refractivity (Wildman–Crippen MR) is 104 cm³/mol. The molecular weight excluding hydrogens is 334 g/mol. The van der Waals surface area contributed by atoms with Crippen molar-refractivity contribution in [2.75, 3.05) is 25.4 Å². The topological polar surface area (TPSA) is 73.2 Å². The number of nitrogens with one attached hydrogen (secondary N) is 1. The van der Waals surface area contributed by atoms with Gasteiger partial charge in [0, 0.05) is 23.7 Å². The number of benzene rings is 1. The van der Waals surface area contributed by atoms with Gasteiger partial charge in [0.15, 0.2) is 0 Å². The van der Waals surface area contributed by atoms with E-state index >= 15 is 0 Å². The normalized spacial score (nSPS) is 18.6. The molecule has 1 saturated heterocycles. The zero-order valence-corrected chi connectivity index (χ0v) is 16.1. The summed E-state index contributed by atoms with van der Waals surface area (Å²) in [6, 6.07) is 11.0. The second-order valence-electron chi connectivity index (χ2n) is 6.09. The number of hydrogen-bond donors (Lipinski definition) is 1. The third-order valence-corrected chi connectivity index (χ3v) is 5.77. The van der Waals surface area contributed by atoms with E-state index in [9.17, 15) is 9.00 Å². The molecule has 0 bridgehead atoms. The van der Waals surface area contributed by atoms with E-state index in [-0.39, 0.29) is 18.5 Å². The van der Waals surface area contributed by atoms with Gasteiger partial charge in [-0.3, -0.25) is 9.00 Å². The molecule has 0 radical (unpaired) electrons. The predicted octanol–water partition coefficient (Wildman–Crippen LogP) is 2.28. The van der Waals surface area contributed by atoms with Crippen LogP contribution in [0.15, 0.2) is 35.2 Å². The standard InChI is InChI=1S/C16H21N3O2S.C3H8/c1-22(21,15-7-3-2-4-8-15)11-9-18-13-16(20)19-10-5-6-14(19)12-17;1-3-2/h2-4,7-8,14,18H,1,5-6,9-11,13H2;3H2,1-2H3/t14-,22?;/m0./s1. The van der Waals surface area contributed by atoms with Crippen molar-refractivity contribution in [3.63, 3.8) is 0 Å². The van der Waals surface area contributed by atoms with Crippen LogP contribution in [0.4, 0.5) is 0 Å². The van der Waals surface area contributed by atoms with E-state index in [0.717, 1.165) is 17.7 Å².